The molecule has 0 aromatic heterocycles. The molecular formula is C47H88NO7P. The van der Waals surface area contributed by atoms with Crippen LogP contribution in [0.1, 0.15) is 187 Å². The Morgan fingerprint density at radius 2 is 0.982 bits per heavy atom. The van der Waals surface area contributed by atoms with E-state index >= 15 is 0 Å². The molecule has 0 aliphatic heterocycles. The molecule has 0 N–H and O–H groups in total. The number of rotatable bonds is 42. The van der Waals surface area contributed by atoms with Crippen molar-refractivity contribution in [3.63, 3.8) is 0 Å². The van der Waals surface area contributed by atoms with Gasteiger partial charge in [0.15, 0.2) is 0 Å². The first kappa shape index (κ1) is 54.5. The number of likely N-dealkylation sites (N-methyl/N-ethyl adjacent to an activating group) is 1. The topological polar surface area (TPSA) is 94.1 Å². The fourth-order valence-electron chi connectivity index (χ4n) is 6.02. The summed E-state index contributed by atoms with van der Waals surface area (Å²) < 4.78 is 34.6. The van der Waals surface area contributed by atoms with E-state index in [0.29, 0.717) is 24.1 Å². The maximum Gasteiger partial charge on any atom is 0.306 e. The van der Waals surface area contributed by atoms with Crippen LogP contribution in [-0.4, -0.2) is 70.7 Å². The van der Waals surface area contributed by atoms with Gasteiger partial charge in [0, 0.05) is 13.0 Å². The van der Waals surface area contributed by atoms with E-state index in [0.717, 1.165) is 64.2 Å². The molecule has 0 amide bonds. The van der Waals surface area contributed by atoms with Crippen LogP contribution < -0.4 is 4.89 Å². The Morgan fingerprint density at radius 1 is 0.554 bits per heavy atom. The lowest BCUT2D eigenvalue weighted by atomic mass is 10.1. The van der Waals surface area contributed by atoms with Gasteiger partial charge < -0.3 is 27.9 Å². The van der Waals surface area contributed by atoms with E-state index in [-0.39, 0.29) is 25.8 Å². The highest BCUT2D eigenvalue weighted by Crippen LogP contribution is 2.38. The number of hydrogen-bond donors (Lipinski definition) is 0. The Labute approximate surface area is 346 Å². The van der Waals surface area contributed by atoms with E-state index < -0.39 is 13.9 Å². The van der Waals surface area contributed by atoms with Crippen LogP contribution in [0.5, 0.6) is 0 Å². The number of nitrogens with zero attached hydrogens (tertiary/aromatic N) is 1. The van der Waals surface area contributed by atoms with Gasteiger partial charge in [0.1, 0.15) is 19.3 Å². The Bertz CT molecular complexity index is 1040. The molecule has 0 radical (unpaired) electrons. The van der Waals surface area contributed by atoms with Crippen molar-refractivity contribution in [2.45, 2.75) is 193 Å². The molecular weight excluding hydrogens is 721 g/mol. The van der Waals surface area contributed by atoms with Crippen LogP contribution in [0.3, 0.4) is 0 Å². The van der Waals surface area contributed by atoms with E-state index in [2.05, 4.69) is 62.5 Å². The molecule has 0 aromatic carbocycles. The Hall–Kier alpha value is -1.54. The van der Waals surface area contributed by atoms with Crippen molar-refractivity contribution in [2.75, 3.05) is 54.1 Å². The van der Waals surface area contributed by atoms with E-state index in [9.17, 15) is 14.3 Å². The molecule has 0 aliphatic carbocycles. The molecule has 0 heterocycles. The van der Waals surface area contributed by atoms with Gasteiger partial charge in [0.2, 0.25) is 0 Å². The summed E-state index contributed by atoms with van der Waals surface area (Å²) in [5.41, 5.74) is 0. The summed E-state index contributed by atoms with van der Waals surface area (Å²) in [6.07, 6.45) is 48.4. The average Bonchev–Trinajstić information content (AvgIpc) is 3.15. The quantitative estimate of drug-likeness (QED) is 0.0199. The standard InChI is InChI=1S/C47H88NO7P/c1-6-8-10-12-14-16-18-20-21-22-23-24-25-26-27-28-29-31-33-35-37-39-42-52-44-46(45-54-56(50,51)53-43-41-48(3,4)5)55-47(49)40-38-36-34-32-30-19-17-15-13-11-9-7-2/h15,17-18,20,22-23,25-26,46H,6-14,16,19,21,24,27-45H2,1-5H3/b17-15-,20-18-,23-22-,26-25-. The number of esters is 1. The number of quaternary nitrogens is 1. The first-order valence-corrected chi connectivity index (χ1v) is 24.3. The highest BCUT2D eigenvalue weighted by molar-refractivity contribution is 7.45. The summed E-state index contributed by atoms with van der Waals surface area (Å²) in [6.45, 7) is 5.34. The van der Waals surface area contributed by atoms with Crippen molar-refractivity contribution in [1.29, 1.82) is 0 Å². The lowest BCUT2D eigenvalue weighted by Gasteiger charge is -2.28. The van der Waals surface area contributed by atoms with Crippen LogP contribution in [0, 0.1) is 0 Å². The number of phosphoric ester groups is 1. The van der Waals surface area contributed by atoms with Crippen molar-refractivity contribution in [1.82, 2.24) is 0 Å². The maximum absolute atomic E-state index is 12.6. The smallest absolute Gasteiger partial charge is 0.306 e. The van der Waals surface area contributed by atoms with Gasteiger partial charge in [-0.25, -0.2) is 0 Å². The zero-order valence-electron chi connectivity index (χ0n) is 37.1. The predicted octanol–water partition coefficient (Wildman–Crippen LogP) is 12.9. The number of hydrogen-bond acceptors (Lipinski definition) is 7. The summed E-state index contributed by atoms with van der Waals surface area (Å²) >= 11 is 0. The number of carbonyl (C=O) groups is 1. The van der Waals surface area contributed by atoms with Gasteiger partial charge in [-0.3, -0.25) is 9.36 Å². The highest BCUT2D eigenvalue weighted by atomic mass is 31.2. The molecule has 0 fully saturated rings. The number of ether oxygens (including phenoxy) is 2. The van der Waals surface area contributed by atoms with E-state index in [1.54, 1.807) is 0 Å². The molecule has 0 rings (SSSR count). The fourth-order valence-corrected chi connectivity index (χ4v) is 6.75. The molecule has 0 saturated heterocycles. The lowest BCUT2D eigenvalue weighted by molar-refractivity contribution is -0.870. The van der Waals surface area contributed by atoms with Gasteiger partial charge in [0.25, 0.3) is 7.82 Å². The molecule has 0 aliphatic rings. The molecule has 0 aromatic rings. The molecule has 56 heavy (non-hydrogen) atoms. The average molecular weight is 810 g/mol. The van der Waals surface area contributed by atoms with Crippen molar-refractivity contribution in [3.05, 3.63) is 48.6 Å². The van der Waals surface area contributed by atoms with Crippen molar-refractivity contribution in [3.8, 4) is 0 Å². The van der Waals surface area contributed by atoms with Crippen molar-refractivity contribution >= 4 is 13.8 Å². The van der Waals surface area contributed by atoms with E-state index in [4.69, 9.17) is 18.5 Å². The maximum atomic E-state index is 12.6. The lowest BCUT2D eigenvalue weighted by Crippen LogP contribution is -2.37. The van der Waals surface area contributed by atoms with E-state index in [1.807, 2.05) is 21.1 Å². The number of allylic oxidation sites excluding steroid dienone is 8. The van der Waals surface area contributed by atoms with Gasteiger partial charge in [-0.2, -0.15) is 0 Å². The minimum Gasteiger partial charge on any atom is -0.756 e. The summed E-state index contributed by atoms with van der Waals surface area (Å²) in [5.74, 6) is -0.349. The molecule has 2 atom stereocenters. The third-order valence-corrected chi connectivity index (χ3v) is 10.6. The van der Waals surface area contributed by atoms with Gasteiger partial charge in [-0.05, 0) is 77.0 Å². The third-order valence-electron chi connectivity index (χ3n) is 9.60. The molecule has 2 unspecified atom stereocenters. The minimum absolute atomic E-state index is 0.0210. The first-order valence-electron chi connectivity index (χ1n) is 22.9. The van der Waals surface area contributed by atoms with Gasteiger partial charge in [-0.15, -0.1) is 0 Å². The van der Waals surface area contributed by atoms with Crippen LogP contribution in [0.25, 0.3) is 0 Å². The Kier molecular flexibility index (Phi) is 39.1. The zero-order valence-corrected chi connectivity index (χ0v) is 38.0. The van der Waals surface area contributed by atoms with Gasteiger partial charge >= 0.3 is 5.97 Å². The van der Waals surface area contributed by atoms with Crippen LogP contribution in [0.4, 0.5) is 0 Å². The van der Waals surface area contributed by atoms with Crippen molar-refractivity contribution in [2.24, 2.45) is 0 Å². The number of carbonyl (C=O) groups excluding carboxylic acids is 1. The summed E-state index contributed by atoms with van der Waals surface area (Å²) in [4.78, 5) is 25.0. The summed E-state index contributed by atoms with van der Waals surface area (Å²) in [5, 5.41) is 0. The number of unbranched alkanes of at least 4 members (excludes halogenated alkanes) is 20. The molecule has 0 bridgehead atoms. The second-order valence-corrected chi connectivity index (χ2v) is 17.8. The van der Waals surface area contributed by atoms with Crippen LogP contribution in [0.2, 0.25) is 0 Å². The molecule has 328 valence electrons. The summed E-state index contributed by atoms with van der Waals surface area (Å²) in [7, 11) is 1.34. The normalized spacial score (nSPS) is 14.2. The fraction of sp³-hybridized carbons (Fsp3) is 0.809. The molecule has 0 spiro atoms. The first-order chi connectivity index (χ1) is 27.1. The van der Waals surface area contributed by atoms with Crippen LogP contribution >= 0.6 is 7.82 Å². The minimum atomic E-state index is -4.53. The second-order valence-electron chi connectivity index (χ2n) is 16.4. The van der Waals surface area contributed by atoms with Crippen LogP contribution in [0.15, 0.2) is 48.6 Å². The molecule has 8 nitrogen and oxygen atoms in total. The Balaban J connectivity index is 4.19. The second kappa shape index (κ2) is 40.2. The zero-order chi connectivity index (χ0) is 41.3. The SMILES string of the molecule is CCCCC/C=C\CCCCCCCC(=O)OC(COCCCCCCCCC/C=C\C/C=C\C/C=C\CCCCCCC)COP(=O)([O-])OCC[N+](C)(C)C. The third kappa shape index (κ3) is 43.6. The monoisotopic (exact) mass is 810 g/mol. The largest absolute Gasteiger partial charge is 0.756 e. The van der Waals surface area contributed by atoms with Gasteiger partial charge in [-0.1, -0.05) is 152 Å². The summed E-state index contributed by atoms with van der Waals surface area (Å²) in [6, 6.07) is 0. The molecule has 9 heteroatoms. The van der Waals surface area contributed by atoms with Gasteiger partial charge in [0.05, 0.1) is 34.4 Å². The number of phosphoric acid groups is 1. The van der Waals surface area contributed by atoms with E-state index in [1.165, 1.54) is 103 Å². The highest BCUT2D eigenvalue weighted by Gasteiger charge is 2.20. The molecule has 0 saturated carbocycles. The predicted molar refractivity (Wildman–Crippen MR) is 236 cm³/mol. The Morgan fingerprint density at radius 3 is 1.52 bits per heavy atom. The van der Waals surface area contributed by atoms with Crippen LogP contribution in [-0.2, 0) is 27.9 Å². The van der Waals surface area contributed by atoms with Crippen molar-refractivity contribution < 1.29 is 37.3 Å².